The highest BCUT2D eigenvalue weighted by atomic mass is 35.5. The van der Waals surface area contributed by atoms with Crippen LogP contribution in [0.4, 0.5) is 0 Å². The zero-order valence-electron chi connectivity index (χ0n) is 16.1. The number of nitrogens with one attached hydrogen (secondary N) is 2. The Morgan fingerprint density at radius 3 is 2.62 bits per heavy atom. The molecule has 1 aromatic carbocycles. The molecule has 0 radical (unpaired) electrons. The number of H-pyrrole nitrogens is 1. The molecule has 0 atom stereocenters. The maximum atomic E-state index is 12.4. The van der Waals surface area contributed by atoms with Crippen molar-refractivity contribution in [3.63, 3.8) is 0 Å². The summed E-state index contributed by atoms with van der Waals surface area (Å²) in [4.78, 5) is 39.4. The van der Waals surface area contributed by atoms with Gasteiger partial charge >= 0.3 is 5.69 Å². The van der Waals surface area contributed by atoms with E-state index in [0.717, 1.165) is 32.1 Å². The molecule has 1 aliphatic carbocycles. The Bertz CT molecular complexity index is 1050. The van der Waals surface area contributed by atoms with Gasteiger partial charge in [-0.15, -0.1) is 0 Å². The van der Waals surface area contributed by atoms with Gasteiger partial charge in [-0.1, -0.05) is 49.9 Å². The smallest absolute Gasteiger partial charge is 0.331 e. The van der Waals surface area contributed by atoms with Gasteiger partial charge in [-0.05, 0) is 31.4 Å². The largest absolute Gasteiger partial charge is 0.494 e. The Morgan fingerprint density at radius 2 is 1.97 bits per heavy atom. The summed E-state index contributed by atoms with van der Waals surface area (Å²) >= 11 is 6.02. The van der Waals surface area contributed by atoms with Crippen molar-refractivity contribution in [3.05, 3.63) is 61.3 Å². The van der Waals surface area contributed by atoms with Crippen LogP contribution in [0, 0.1) is 0 Å². The number of benzene rings is 1. The molecule has 1 fully saturated rings. The predicted molar refractivity (Wildman–Crippen MR) is 111 cm³/mol. The second kappa shape index (κ2) is 9.09. The number of hydrazone groups is 1. The van der Waals surface area contributed by atoms with Crippen LogP contribution in [0.2, 0.25) is 5.02 Å². The molecule has 1 amide bonds. The van der Waals surface area contributed by atoms with E-state index in [0.29, 0.717) is 0 Å². The molecule has 1 heterocycles. The minimum absolute atomic E-state index is 0.114. The Labute approximate surface area is 172 Å². The van der Waals surface area contributed by atoms with Crippen LogP contribution in [0.15, 0.2) is 39.0 Å². The summed E-state index contributed by atoms with van der Waals surface area (Å²) in [6, 6.07) is 6.32. The fourth-order valence-electron chi connectivity index (χ4n) is 3.61. The molecule has 8 nitrogen and oxygen atoms in total. The lowest BCUT2D eigenvalue weighted by Crippen LogP contribution is -2.37. The van der Waals surface area contributed by atoms with E-state index in [1.54, 1.807) is 31.2 Å². The number of halogens is 1. The second-order valence-electron chi connectivity index (χ2n) is 6.95. The number of aromatic hydroxyl groups is 1. The first-order valence-corrected chi connectivity index (χ1v) is 10.0. The van der Waals surface area contributed by atoms with Crippen molar-refractivity contribution in [2.75, 3.05) is 0 Å². The fraction of sp³-hybridized carbons (Fsp3) is 0.400. The second-order valence-corrected chi connectivity index (χ2v) is 7.36. The molecular weight excluding hydrogens is 396 g/mol. The van der Waals surface area contributed by atoms with Crippen molar-refractivity contribution in [1.82, 2.24) is 15.0 Å². The molecule has 3 N–H and O–H groups in total. The van der Waals surface area contributed by atoms with Gasteiger partial charge in [0.1, 0.15) is 5.56 Å². The summed E-state index contributed by atoms with van der Waals surface area (Å²) in [6.07, 6.45) is 4.74. The van der Waals surface area contributed by atoms with Crippen molar-refractivity contribution >= 4 is 23.2 Å². The van der Waals surface area contributed by atoms with E-state index in [4.69, 9.17) is 11.6 Å². The number of hydrogen-bond donors (Lipinski definition) is 3. The van der Waals surface area contributed by atoms with E-state index in [-0.39, 0.29) is 34.3 Å². The minimum Gasteiger partial charge on any atom is -0.494 e. The van der Waals surface area contributed by atoms with Gasteiger partial charge in [0.15, 0.2) is 0 Å². The third-order valence-corrected chi connectivity index (χ3v) is 5.42. The van der Waals surface area contributed by atoms with Crippen molar-refractivity contribution in [3.8, 4) is 5.88 Å². The Kier molecular flexibility index (Phi) is 6.53. The number of nitrogens with zero attached hydrogens (tertiary/aromatic N) is 2. The zero-order chi connectivity index (χ0) is 21.0. The fourth-order valence-corrected chi connectivity index (χ4v) is 3.83. The lowest BCUT2D eigenvalue weighted by molar-refractivity contribution is 0.0955. The molecule has 154 valence electrons. The van der Waals surface area contributed by atoms with Crippen LogP contribution in [-0.2, 0) is 0 Å². The van der Waals surface area contributed by atoms with Crippen molar-refractivity contribution < 1.29 is 9.90 Å². The Hall–Kier alpha value is -2.87. The highest BCUT2D eigenvalue weighted by molar-refractivity contribution is 6.33. The van der Waals surface area contributed by atoms with E-state index in [1.165, 1.54) is 4.57 Å². The molecular formula is C20H23ClN4O4. The number of carbonyl (C=O) groups excluding carboxylic acids is 1. The van der Waals surface area contributed by atoms with Crippen molar-refractivity contribution in [2.45, 2.75) is 51.5 Å². The first-order valence-electron chi connectivity index (χ1n) is 9.63. The van der Waals surface area contributed by atoms with Gasteiger partial charge in [-0.2, -0.15) is 5.10 Å². The Morgan fingerprint density at radius 1 is 1.28 bits per heavy atom. The maximum absolute atomic E-state index is 12.4. The van der Waals surface area contributed by atoms with E-state index in [2.05, 4.69) is 15.5 Å². The maximum Gasteiger partial charge on any atom is 0.331 e. The molecule has 0 aliphatic heterocycles. The molecule has 1 aliphatic rings. The van der Waals surface area contributed by atoms with Gasteiger partial charge in [0.25, 0.3) is 11.5 Å². The van der Waals surface area contributed by atoms with Crippen LogP contribution >= 0.6 is 11.6 Å². The monoisotopic (exact) mass is 418 g/mol. The molecule has 0 unspecified atom stereocenters. The lowest BCUT2D eigenvalue weighted by Gasteiger charge is -2.25. The van der Waals surface area contributed by atoms with Gasteiger partial charge in [-0.3, -0.25) is 19.1 Å². The van der Waals surface area contributed by atoms with Gasteiger partial charge in [-0.25, -0.2) is 10.2 Å². The molecule has 2 aromatic rings. The summed E-state index contributed by atoms with van der Waals surface area (Å²) in [7, 11) is 0. The third kappa shape index (κ3) is 4.42. The quantitative estimate of drug-likeness (QED) is 0.511. The summed E-state index contributed by atoms with van der Waals surface area (Å²) in [5.41, 5.74) is 1.27. The molecule has 1 saturated carbocycles. The van der Waals surface area contributed by atoms with Gasteiger partial charge < -0.3 is 5.11 Å². The molecule has 0 spiro atoms. The summed E-state index contributed by atoms with van der Waals surface area (Å²) in [5.74, 6) is -0.962. The van der Waals surface area contributed by atoms with Crippen molar-refractivity contribution in [1.29, 1.82) is 0 Å². The molecule has 1 aromatic heterocycles. The van der Waals surface area contributed by atoms with Crippen LogP contribution < -0.4 is 16.7 Å². The van der Waals surface area contributed by atoms with E-state index < -0.39 is 23.0 Å². The zero-order valence-corrected chi connectivity index (χ0v) is 16.8. The summed E-state index contributed by atoms with van der Waals surface area (Å²) in [6.45, 7) is 1.73. The SMILES string of the molecule is CCC(=NNC(=O)c1ccccc1Cl)c1c(O)n(C2CCCCC2)c(=O)[nH]c1=O. The average Bonchev–Trinajstić information content (AvgIpc) is 2.71. The normalized spacial score (nSPS) is 15.3. The number of amides is 1. The van der Waals surface area contributed by atoms with Crippen LogP contribution in [0.3, 0.4) is 0 Å². The molecule has 0 saturated heterocycles. The average molecular weight is 419 g/mol. The van der Waals surface area contributed by atoms with E-state index in [9.17, 15) is 19.5 Å². The van der Waals surface area contributed by atoms with Crippen LogP contribution in [0.5, 0.6) is 5.88 Å². The van der Waals surface area contributed by atoms with Gasteiger partial charge in [0.2, 0.25) is 5.88 Å². The van der Waals surface area contributed by atoms with E-state index >= 15 is 0 Å². The number of aromatic amines is 1. The van der Waals surface area contributed by atoms with Gasteiger partial charge in [0.05, 0.1) is 16.3 Å². The minimum atomic E-state index is -0.743. The summed E-state index contributed by atoms with van der Waals surface area (Å²) in [5, 5.41) is 15.1. The van der Waals surface area contributed by atoms with Crippen LogP contribution in [0.25, 0.3) is 0 Å². The van der Waals surface area contributed by atoms with Crippen LogP contribution in [0.1, 0.15) is 67.4 Å². The Balaban J connectivity index is 1.97. The molecule has 0 bridgehead atoms. The predicted octanol–water partition coefficient (Wildman–Crippen LogP) is 2.94. The first-order chi connectivity index (χ1) is 13.9. The highest BCUT2D eigenvalue weighted by Crippen LogP contribution is 2.30. The number of rotatable bonds is 5. The summed E-state index contributed by atoms with van der Waals surface area (Å²) < 4.78 is 1.23. The van der Waals surface area contributed by atoms with Crippen LogP contribution in [-0.4, -0.2) is 26.3 Å². The van der Waals surface area contributed by atoms with Crippen molar-refractivity contribution in [2.24, 2.45) is 5.10 Å². The lowest BCUT2D eigenvalue weighted by atomic mass is 9.95. The first kappa shape index (κ1) is 20.9. The number of aromatic nitrogens is 2. The van der Waals surface area contributed by atoms with Gasteiger partial charge in [0, 0.05) is 6.04 Å². The third-order valence-electron chi connectivity index (χ3n) is 5.09. The standard InChI is InChI=1S/C20H23ClN4O4/c1-2-15(23-24-17(26)13-10-6-7-11-14(13)21)16-18(27)22-20(29)25(19(16)28)12-8-4-3-5-9-12/h6-7,10-12,28H,2-5,8-9H2,1H3,(H,24,26)(H,22,27,29). The molecule has 29 heavy (non-hydrogen) atoms. The van der Waals surface area contributed by atoms with E-state index in [1.807, 2.05) is 0 Å². The molecule has 9 heteroatoms. The molecule has 3 rings (SSSR count). The number of hydrogen-bond acceptors (Lipinski definition) is 5. The highest BCUT2D eigenvalue weighted by Gasteiger charge is 2.25. The number of carbonyl (C=O) groups is 1. The topological polar surface area (TPSA) is 117 Å².